The maximum Gasteiger partial charge on any atom is 0.374 e. The molecule has 5 heteroatoms. The molecule has 0 radical (unpaired) electrons. The van der Waals surface area contributed by atoms with Gasteiger partial charge in [0.05, 0.1) is 13.5 Å². The Morgan fingerprint density at radius 1 is 1.18 bits per heavy atom. The maximum absolute atomic E-state index is 11.6. The minimum atomic E-state index is -0.987. The molecule has 0 aliphatic heterocycles. The van der Waals surface area contributed by atoms with Crippen LogP contribution in [-0.4, -0.2) is 30.9 Å². The van der Waals surface area contributed by atoms with E-state index in [1.807, 2.05) is 6.26 Å². The summed E-state index contributed by atoms with van der Waals surface area (Å²) in [6.07, 6.45) is 1.48. The smallest absolute Gasteiger partial charge is 0.374 e. The van der Waals surface area contributed by atoms with Crippen LogP contribution in [0.4, 0.5) is 0 Å². The Morgan fingerprint density at radius 2 is 1.76 bits per heavy atom. The van der Waals surface area contributed by atoms with E-state index < -0.39 is 18.2 Å². The molecule has 4 nitrogen and oxygen atoms in total. The quantitative estimate of drug-likeness (QED) is 0.262. The van der Waals surface area contributed by atoms with E-state index in [0.717, 1.165) is 12.0 Å². The first-order valence-electron chi connectivity index (χ1n) is 4.87. The van der Waals surface area contributed by atoms with Gasteiger partial charge in [0, 0.05) is 10.5 Å². The van der Waals surface area contributed by atoms with Gasteiger partial charge in [-0.15, -0.1) is 11.8 Å². The third-order valence-electron chi connectivity index (χ3n) is 2.15. The minimum Gasteiger partial charge on any atom is -0.463 e. The standard InChI is InChI=1S/C12H12O4S/c1-16-12(15)11(14)7-10(13)8-3-5-9(17-2)6-4-8/h3-6H,7H2,1-2H3. The summed E-state index contributed by atoms with van der Waals surface area (Å²) in [5.41, 5.74) is 0.417. The maximum atomic E-state index is 11.6. The fourth-order valence-electron chi connectivity index (χ4n) is 1.21. The molecule has 1 aromatic carbocycles. The third-order valence-corrected chi connectivity index (χ3v) is 2.89. The normalized spacial score (nSPS) is 9.76. The number of carbonyl (C=O) groups is 3. The molecule has 0 saturated carbocycles. The van der Waals surface area contributed by atoms with Crippen molar-refractivity contribution in [1.82, 2.24) is 0 Å². The Morgan fingerprint density at radius 3 is 2.24 bits per heavy atom. The van der Waals surface area contributed by atoms with E-state index >= 15 is 0 Å². The van der Waals surface area contributed by atoms with E-state index in [4.69, 9.17) is 0 Å². The van der Waals surface area contributed by atoms with Crippen molar-refractivity contribution in [3.05, 3.63) is 29.8 Å². The number of hydrogen-bond acceptors (Lipinski definition) is 5. The summed E-state index contributed by atoms with van der Waals surface area (Å²) in [5.74, 6) is -2.20. The molecule has 0 fully saturated rings. The Bertz CT molecular complexity index is 436. The molecule has 0 saturated heterocycles. The van der Waals surface area contributed by atoms with Crippen molar-refractivity contribution >= 4 is 29.3 Å². The molecule has 0 N–H and O–H groups in total. The third kappa shape index (κ3) is 3.71. The molecule has 90 valence electrons. The molecule has 0 atom stereocenters. The summed E-state index contributed by atoms with van der Waals surface area (Å²) in [7, 11) is 1.11. The van der Waals surface area contributed by atoms with Crippen molar-refractivity contribution in [2.24, 2.45) is 0 Å². The minimum absolute atomic E-state index is 0.381. The van der Waals surface area contributed by atoms with Gasteiger partial charge in [-0.1, -0.05) is 12.1 Å². The zero-order valence-corrected chi connectivity index (χ0v) is 10.4. The van der Waals surface area contributed by atoms with Crippen LogP contribution in [0, 0.1) is 0 Å². The summed E-state index contributed by atoms with van der Waals surface area (Å²) in [6, 6.07) is 6.86. The van der Waals surface area contributed by atoms with E-state index in [0.29, 0.717) is 5.56 Å². The summed E-state index contributed by atoms with van der Waals surface area (Å²) < 4.78 is 4.24. The van der Waals surface area contributed by atoms with Gasteiger partial charge in [0.15, 0.2) is 5.78 Å². The molecule has 0 bridgehead atoms. The highest BCUT2D eigenvalue weighted by atomic mass is 32.2. The van der Waals surface area contributed by atoms with Gasteiger partial charge in [-0.25, -0.2) is 4.79 Å². The second-order valence-electron chi connectivity index (χ2n) is 3.24. The van der Waals surface area contributed by atoms with Crippen LogP contribution in [0.25, 0.3) is 0 Å². The monoisotopic (exact) mass is 252 g/mol. The Balaban J connectivity index is 2.70. The number of thioether (sulfide) groups is 1. The lowest BCUT2D eigenvalue weighted by molar-refractivity contribution is -0.151. The number of ketones is 2. The van der Waals surface area contributed by atoms with E-state index in [1.165, 1.54) is 0 Å². The first-order chi connectivity index (χ1) is 8.08. The predicted octanol–water partition coefficient (Wildman–Crippen LogP) is 1.72. The average molecular weight is 252 g/mol. The van der Waals surface area contributed by atoms with Crippen molar-refractivity contribution in [3.8, 4) is 0 Å². The molecule has 0 amide bonds. The lowest BCUT2D eigenvalue weighted by Gasteiger charge is -2.01. The molecule has 1 aromatic rings. The molecule has 1 rings (SSSR count). The fourth-order valence-corrected chi connectivity index (χ4v) is 1.62. The topological polar surface area (TPSA) is 60.4 Å². The van der Waals surface area contributed by atoms with Crippen molar-refractivity contribution in [2.45, 2.75) is 11.3 Å². The van der Waals surface area contributed by atoms with Gasteiger partial charge in [-0.2, -0.15) is 0 Å². The second kappa shape index (κ2) is 6.20. The number of esters is 1. The lowest BCUT2D eigenvalue weighted by Crippen LogP contribution is -2.19. The van der Waals surface area contributed by atoms with Crippen LogP contribution in [0.2, 0.25) is 0 Å². The Labute approximate surface area is 103 Å². The van der Waals surface area contributed by atoms with Gasteiger partial charge in [-0.05, 0) is 18.4 Å². The summed E-state index contributed by atoms with van der Waals surface area (Å²) in [4.78, 5) is 34.7. The van der Waals surface area contributed by atoms with Crippen molar-refractivity contribution in [2.75, 3.05) is 13.4 Å². The molecule has 0 aliphatic rings. The number of Topliss-reactive ketones (excluding diaryl/α,β-unsaturated/α-hetero) is 2. The van der Waals surface area contributed by atoms with Gasteiger partial charge >= 0.3 is 5.97 Å². The number of rotatable bonds is 5. The van der Waals surface area contributed by atoms with Crippen LogP contribution in [0.1, 0.15) is 16.8 Å². The van der Waals surface area contributed by atoms with E-state index in [1.54, 1.807) is 36.0 Å². The first kappa shape index (κ1) is 13.4. The number of methoxy groups -OCH3 is 1. The van der Waals surface area contributed by atoms with Crippen molar-refractivity contribution in [3.63, 3.8) is 0 Å². The van der Waals surface area contributed by atoms with Crippen molar-refractivity contribution in [1.29, 1.82) is 0 Å². The van der Waals surface area contributed by atoms with Crippen molar-refractivity contribution < 1.29 is 19.1 Å². The SMILES string of the molecule is COC(=O)C(=O)CC(=O)c1ccc(SC)cc1. The van der Waals surface area contributed by atoms with Gasteiger partial charge in [0.1, 0.15) is 0 Å². The molecule has 17 heavy (non-hydrogen) atoms. The van der Waals surface area contributed by atoms with Gasteiger partial charge in [0.2, 0.25) is 5.78 Å². The van der Waals surface area contributed by atoms with Crippen LogP contribution in [0.5, 0.6) is 0 Å². The predicted molar refractivity (Wildman–Crippen MR) is 64.2 cm³/mol. The molecular formula is C12H12O4S. The highest BCUT2D eigenvalue weighted by Gasteiger charge is 2.19. The summed E-state index contributed by atoms with van der Waals surface area (Å²) in [6.45, 7) is 0. The molecule has 0 unspecified atom stereocenters. The van der Waals surface area contributed by atoms with Crippen LogP contribution in [0.3, 0.4) is 0 Å². The summed E-state index contributed by atoms with van der Waals surface area (Å²) >= 11 is 1.56. The van der Waals surface area contributed by atoms with E-state index in [2.05, 4.69) is 4.74 Å². The average Bonchev–Trinajstić information content (AvgIpc) is 2.37. The molecular weight excluding hydrogens is 240 g/mol. The van der Waals surface area contributed by atoms with Gasteiger partial charge < -0.3 is 4.74 Å². The Kier molecular flexibility index (Phi) is 4.90. The summed E-state index contributed by atoms with van der Waals surface area (Å²) in [5, 5.41) is 0. The zero-order valence-electron chi connectivity index (χ0n) is 9.56. The molecule has 0 spiro atoms. The first-order valence-corrected chi connectivity index (χ1v) is 6.09. The number of hydrogen-bond donors (Lipinski definition) is 0. The molecule has 0 aromatic heterocycles. The fraction of sp³-hybridized carbons (Fsp3) is 0.250. The van der Waals surface area contributed by atoms with Gasteiger partial charge in [-0.3, -0.25) is 9.59 Å². The van der Waals surface area contributed by atoms with Crippen LogP contribution in [0.15, 0.2) is 29.2 Å². The van der Waals surface area contributed by atoms with Crippen LogP contribution >= 0.6 is 11.8 Å². The van der Waals surface area contributed by atoms with Crippen LogP contribution < -0.4 is 0 Å². The molecule has 0 heterocycles. The molecule has 0 aliphatic carbocycles. The lowest BCUT2D eigenvalue weighted by atomic mass is 10.1. The highest BCUT2D eigenvalue weighted by Crippen LogP contribution is 2.15. The zero-order chi connectivity index (χ0) is 12.8. The van der Waals surface area contributed by atoms with Crippen LogP contribution in [-0.2, 0) is 14.3 Å². The van der Waals surface area contributed by atoms with E-state index in [-0.39, 0.29) is 5.78 Å². The highest BCUT2D eigenvalue weighted by molar-refractivity contribution is 7.98. The largest absolute Gasteiger partial charge is 0.463 e. The van der Waals surface area contributed by atoms with E-state index in [9.17, 15) is 14.4 Å². The number of carbonyl (C=O) groups excluding carboxylic acids is 3. The van der Waals surface area contributed by atoms with Gasteiger partial charge in [0.25, 0.3) is 0 Å². The number of benzene rings is 1. The number of ether oxygens (including phenoxy) is 1. The Hall–Kier alpha value is -1.62. The second-order valence-corrected chi connectivity index (χ2v) is 4.12.